The molecular weight excluding hydrogens is 494 g/mol. The molecule has 0 unspecified atom stereocenters. The standard InChI is InChI=1S/C40H27N/c1-2-11-29(12-3-1)36-16-8-9-17-40(36)41(33-22-18-28-10-4-5-14-32(28)26-33)34-23-19-31-21-24-37-35-15-7-6-13-30(35)20-25-38(37)39(31)27-34/h1-27H. The number of hydrogen-bond donors (Lipinski definition) is 0. The fourth-order valence-corrected chi connectivity index (χ4v) is 6.22. The summed E-state index contributed by atoms with van der Waals surface area (Å²) in [5.74, 6) is 0. The van der Waals surface area contributed by atoms with Crippen LogP contribution in [0.4, 0.5) is 17.1 Å². The van der Waals surface area contributed by atoms with Gasteiger partial charge in [0.2, 0.25) is 0 Å². The molecule has 0 spiro atoms. The molecule has 8 aromatic rings. The second-order valence-corrected chi connectivity index (χ2v) is 10.6. The summed E-state index contributed by atoms with van der Waals surface area (Å²) in [5.41, 5.74) is 5.82. The molecule has 8 aromatic carbocycles. The van der Waals surface area contributed by atoms with Crippen LogP contribution < -0.4 is 4.90 Å². The fraction of sp³-hybridized carbons (Fsp3) is 0. The lowest BCUT2D eigenvalue weighted by Gasteiger charge is -2.28. The van der Waals surface area contributed by atoms with Gasteiger partial charge in [-0.15, -0.1) is 0 Å². The molecule has 8 rings (SSSR count). The van der Waals surface area contributed by atoms with Gasteiger partial charge in [0, 0.05) is 16.9 Å². The number of nitrogens with zero attached hydrogens (tertiary/aromatic N) is 1. The maximum absolute atomic E-state index is 2.41. The molecular formula is C40H27N. The smallest absolute Gasteiger partial charge is 0.0540 e. The molecule has 0 amide bonds. The highest BCUT2D eigenvalue weighted by atomic mass is 15.1. The van der Waals surface area contributed by atoms with Crippen molar-refractivity contribution in [3.63, 3.8) is 0 Å². The van der Waals surface area contributed by atoms with E-state index in [9.17, 15) is 0 Å². The van der Waals surface area contributed by atoms with Crippen LogP contribution in [0.1, 0.15) is 0 Å². The molecule has 1 nitrogen and oxygen atoms in total. The second kappa shape index (κ2) is 9.66. The minimum Gasteiger partial charge on any atom is -0.310 e. The van der Waals surface area contributed by atoms with Gasteiger partial charge in [-0.05, 0) is 79.0 Å². The monoisotopic (exact) mass is 521 g/mol. The van der Waals surface area contributed by atoms with Crippen molar-refractivity contribution < 1.29 is 0 Å². The summed E-state index contributed by atoms with van der Waals surface area (Å²) in [6.45, 7) is 0. The van der Waals surface area contributed by atoms with E-state index in [0.717, 1.165) is 17.1 Å². The van der Waals surface area contributed by atoms with Crippen molar-refractivity contribution in [2.24, 2.45) is 0 Å². The lowest BCUT2D eigenvalue weighted by atomic mass is 9.96. The van der Waals surface area contributed by atoms with Crippen molar-refractivity contribution in [3.8, 4) is 11.1 Å². The van der Waals surface area contributed by atoms with E-state index in [2.05, 4.69) is 169 Å². The van der Waals surface area contributed by atoms with Crippen molar-refractivity contribution >= 4 is 60.2 Å². The Labute approximate surface area is 239 Å². The number of anilines is 3. The summed E-state index contributed by atoms with van der Waals surface area (Å²) < 4.78 is 0. The van der Waals surface area contributed by atoms with Crippen LogP contribution in [-0.4, -0.2) is 0 Å². The molecule has 0 aliphatic heterocycles. The zero-order valence-corrected chi connectivity index (χ0v) is 22.5. The third kappa shape index (κ3) is 4.02. The van der Waals surface area contributed by atoms with Gasteiger partial charge < -0.3 is 4.90 Å². The van der Waals surface area contributed by atoms with E-state index < -0.39 is 0 Å². The Morgan fingerprint density at radius 2 is 0.878 bits per heavy atom. The van der Waals surface area contributed by atoms with Crippen molar-refractivity contribution in [3.05, 3.63) is 164 Å². The van der Waals surface area contributed by atoms with Crippen LogP contribution in [0, 0.1) is 0 Å². The quantitative estimate of drug-likeness (QED) is 0.208. The minimum absolute atomic E-state index is 1.14. The molecule has 41 heavy (non-hydrogen) atoms. The number of fused-ring (bicyclic) bond motifs is 6. The molecule has 0 aliphatic carbocycles. The van der Waals surface area contributed by atoms with E-state index in [1.165, 1.54) is 54.2 Å². The van der Waals surface area contributed by atoms with Gasteiger partial charge >= 0.3 is 0 Å². The number of hydrogen-bond acceptors (Lipinski definition) is 1. The third-order valence-electron chi connectivity index (χ3n) is 8.21. The highest BCUT2D eigenvalue weighted by Crippen LogP contribution is 2.43. The summed E-state index contributed by atoms with van der Waals surface area (Å²) in [4.78, 5) is 2.41. The van der Waals surface area contributed by atoms with Crippen molar-refractivity contribution in [1.82, 2.24) is 0 Å². The van der Waals surface area contributed by atoms with Crippen LogP contribution in [0.3, 0.4) is 0 Å². The van der Waals surface area contributed by atoms with Gasteiger partial charge in [-0.2, -0.15) is 0 Å². The summed E-state index contributed by atoms with van der Waals surface area (Å²) >= 11 is 0. The van der Waals surface area contributed by atoms with Crippen molar-refractivity contribution in [1.29, 1.82) is 0 Å². The maximum Gasteiger partial charge on any atom is 0.0540 e. The molecule has 0 radical (unpaired) electrons. The average Bonchev–Trinajstić information content (AvgIpc) is 3.05. The van der Waals surface area contributed by atoms with Crippen molar-refractivity contribution in [2.45, 2.75) is 0 Å². The topological polar surface area (TPSA) is 3.24 Å². The molecule has 0 saturated heterocycles. The largest absolute Gasteiger partial charge is 0.310 e. The molecule has 0 saturated carbocycles. The third-order valence-corrected chi connectivity index (χ3v) is 8.21. The normalized spacial score (nSPS) is 11.4. The Morgan fingerprint density at radius 3 is 1.71 bits per heavy atom. The molecule has 0 bridgehead atoms. The Kier molecular flexibility index (Phi) is 5.53. The van der Waals surface area contributed by atoms with E-state index in [4.69, 9.17) is 0 Å². The van der Waals surface area contributed by atoms with Gasteiger partial charge in [-0.25, -0.2) is 0 Å². The number of rotatable bonds is 4. The molecule has 0 atom stereocenters. The van der Waals surface area contributed by atoms with E-state index in [1.807, 2.05) is 0 Å². The summed E-state index contributed by atoms with van der Waals surface area (Å²) in [5, 5.41) is 10.1. The first-order chi connectivity index (χ1) is 20.3. The van der Waals surface area contributed by atoms with Gasteiger partial charge in [-0.1, -0.05) is 133 Å². The van der Waals surface area contributed by atoms with E-state index in [0.29, 0.717) is 0 Å². The molecule has 1 heteroatoms. The van der Waals surface area contributed by atoms with Crippen LogP contribution in [0.2, 0.25) is 0 Å². The van der Waals surface area contributed by atoms with Crippen LogP contribution in [-0.2, 0) is 0 Å². The van der Waals surface area contributed by atoms with Crippen molar-refractivity contribution in [2.75, 3.05) is 4.90 Å². The Bertz CT molecular complexity index is 2210. The molecule has 0 aliphatic rings. The Balaban J connectivity index is 1.41. The van der Waals surface area contributed by atoms with Crippen LogP contribution in [0.15, 0.2) is 164 Å². The number of para-hydroxylation sites is 1. The highest BCUT2D eigenvalue weighted by Gasteiger charge is 2.18. The zero-order chi connectivity index (χ0) is 27.2. The van der Waals surface area contributed by atoms with E-state index in [1.54, 1.807) is 0 Å². The van der Waals surface area contributed by atoms with Gasteiger partial charge in [-0.3, -0.25) is 0 Å². The lowest BCUT2D eigenvalue weighted by Crippen LogP contribution is -2.11. The van der Waals surface area contributed by atoms with Gasteiger partial charge in [0.05, 0.1) is 5.69 Å². The minimum atomic E-state index is 1.14. The van der Waals surface area contributed by atoms with Gasteiger partial charge in [0.1, 0.15) is 0 Å². The first kappa shape index (κ1) is 23.5. The van der Waals surface area contributed by atoms with Crippen LogP contribution >= 0.6 is 0 Å². The molecule has 0 heterocycles. The predicted molar refractivity (Wildman–Crippen MR) is 177 cm³/mol. The summed E-state index contributed by atoms with van der Waals surface area (Å²) in [6, 6.07) is 59.3. The molecule has 0 aromatic heterocycles. The number of benzene rings is 8. The lowest BCUT2D eigenvalue weighted by molar-refractivity contribution is 1.29. The Morgan fingerprint density at radius 1 is 0.317 bits per heavy atom. The highest BCUT2D eigenvalue weighted by molar-refractivity contribution is 6.18. The van der Waals surface area contributed by atoms with Gasteiger partial charge in [0.25, 0.3) is 0 Å². The zero-order valence-electron chi connectivity index (χ0n) is 22.5. The van der Waals surface area contributed by atoms with Gasteiger partial charge in [0.15, 0.2) is 0 Å². The predicted octanol–water partition coefficient (Wildman–Crippen LogP) is 11.4. The average molecular weight is 522 g/mol. The van der Waals surface area contributed by atoms with E-state index >= 15 is 0 Å². The fourth-order valence-electron chi connectivity index (χ4n) is 6.22. The first-order valence-electron chi connectivity index (χ1n) is 14.1. The Hall–Kier alpha value is -5.40. The summed E-state index contributed by atoms with van der Waals surface area (Å²) in [7, 11) is 0. The van der Waals surface area contributed by atoms with Crippen LogP contribution in [0.5, 0.6) is 0 Å². The maximum atomic E-state index is 2.41. The second-order valence-electron chi connectivity index (χ2n) is 10.6. The molecule has 0 N–H and O–H groups in total. The molecule has 0 fully saturated rings. The van der Waals surface area contributed by atoms with E-state index in [-0.39, 0.29) is 0 Å². The first-order valence-corrected chi connectivity index (χ1v) is 14.1. The molecule has 192 valence electrons. The SMILES string of the molecule is c1ccc(-c2ccccc2N(c2ccc3ccccc3c2)c2ccc3ccc4c5ccccc5ccc4c3c2)cc1. The van der Waals surface area contributed by atoms with Crippen LogP contribution in [0.25, 0.3) is 54.2 Å². The summed E-state index contributed by atoms with van der Waals surface area (Å²) in [6.07, 6.45) is 0.